The fraction of sp³-hybridized carbons (Fsp3) is 0.250. The van der Waals surface area contributed by atoms with Crippen LogP contribution < -0.4 is 10.1 Å². The Morgan fingerprint density at radius 1 is 1.25 bits per heavy atom. The summed E-state index contributed by atoms with van der Waals surface area (Å²) in [6, 6.07) is 12.8. The van der Waals surface area contributed by atoms with Crippen molar-refractivity contribution in [3.63, 3.8) is 0 Å². The standard InChI is InChI=1S/C16H17BrFNO/c1-11(13-6-7-16(20-2)15(17)9-13)19-10-12-4-3-5-14(18)8-12/h3-9,11,19H,10H2,1-2H3. The van der Waals surface area contributed by atoms with E-state index in [2.05, 4.69) is 28.2 Å². The van der Waals surface area contributed by atoms with E-state index in [1.807, 2.05) is 24.3 Å². The molecular weight excluding hydrogens is 321 g/mol. The van der Waals surface area contributed by atoms with Crippen LogP contribution in [0.3, 0.4) is 0 Å². The molecule has 106 valence electrons. The molecule has 20 heavy (non-hydrogen) atoms. The average Bonchev–Trinajstić information content (AvgIpc) is 2.44. The molecule has 0 amide bonds. The van der Waals surface area contributed by atoms with Gasteiger partial charge < -0.3 is 10.1 Å². The van der Waals surface area contributed by atoms with Gasteiger partial charge in [0.1, 0.15) is 11.6 Å². The van der Waals surface area contributed by atoms with E-state index < -0.39 is 0 Å². The molecule has 0 saturated heterocycles. The highest BCUT2D eigenvalue weighted by atomic mass is 79.9. The number of rotatable bonds is 5. The number of benzene rings is 2. The SMILES string of the molecule is COc1ccc(C(C)NCc2cccc(F)c2)cc1Br. The largest absolute Gasteiger partial charge is 0.496 e. The van der Waals surface area contributed by atoms with E-state index in [0.29, 0.717) is 6.54 Å². The van der Waals surface area contributed by atoms with E-state index in [4.69, 9.17) is 4.74 Å². The minimum atomic E-state index is -0.204. The molecule has 2 rings (SSSR count). The molecule has 0 radical (unpaired) electrons. The van der Waals surface area contributed by atoms with Gasteiger partial charge in [0.25, 0.3) is 0 Å². The summed E-state index contributed by atoms with van der Waals surface area (Å²) in [6.45, 7) is 2.70. The molecule has 2 aromatic rings. The maximum Gasteiger partial charge on any atom is 0.133 e. The highest BCUT2D eigenvalue weighted by Crippen LogP contribution is 2.28. The topological polar surface area (TPSA) is 21.3 Å². The van der Waals surface area contributed by atoms with Crippen LogP contribution in [-0.4, -0.2) is 7.11 Å². The molecule has 0 spiro atoms. The van der Waals surface area contributed by atoms with Gasteiger partial charge in [-0.2, -0.15) is 0 Å². The lowest BCUT2D eigenvalue weighted by Crippen LogP contribution is -2.18. The Labute approximate surface area is 127 Å². The van der Waals surface area contributed by atoms with Crippen LogP contribution >= 0.6 is 15.9 Å². The third-order valence-electron chi connectivity index (χ3n) is 3.18. The second kappa shape index (κ2) is 6.86. The summed E-state index contributed by atoms with van der Waals surface area (Å²) >= 11 is 3.48. The van der Waals surface area contributed by atoms with Crippen LogP contribution in [0.1, 0.15) is 24.1 Å². The van der Waals surface area contributed by atoms with E-state index in [9.17, 15) is 4.39 Å². The lowest BCUT2D eigenvalue weighted by atomic mass is 10.1. The fourth-order valence-electron chi connectivity index (χ4n) is 1.99. The first kappa shape index (κ1) is 15.0. The first-order chi connectivity index (χ1) is 9.60. The van der Waals surface area contributed by atoms with Crippen LogP contribution in [0.15, 0.2) is 46.9 Å². The highest BCUT2D eigenvalue weighted by Gasteiger charge is 2.08. The van der Waals surface area contributed by atoms with Gasteiger partial charge in [-0.05, 0) is 58.2 Å². The van der Waals surface area contributed by atoms with Crippen molar-refractivity contribution < 1.29 is 9.13 Å². The third kappa shape index (κ3) is 3.81. The first-order valence-corrected chi connectivity index (χ1v) is 7.20. The maximum absolute atomic E-state index is 13.1. The Morgan fingerprint density at radius 2 is 2.05 bits per heavy atom. The molecule has 0 aromatic heterocycles. The van der Waals surface area contributed by atoms with Crippen LogP contribution in [0.4, 0.5) is 4.39 Å². The quantitative estimate of drug-likeness (QED) is 0.870. The second-order valence-corrected chi connectivity index (χ2v) is 5.48. The van der Waals surface area contributed by atoms with Crippen molar-refractivity contribution in [2.75, 3.05) is 7.11 Å². The van der Waals surface area contributed by atoms with Crippen LogP contribution in [0.25, 0.3) is 0 Å². The molecule has 0 heterocycles. The molecule has 0 aliphatic heterocycles. The van der Waals surface area contributed by atoms with Crippen molar-refractivity contribution in [3.05, 3.63) is 63.9 Å². The van der Waals surface area contributed by atoms with Crippen molar-refractivity contribution in [2.24, 2.45) is 0 Å². The van der Waals surface area contributed by atoms with Crippen molar-refractivity contribution in [2.45, 2.75) is 19.5 Å². The predicted molar refractivity (Wildman–Crippen MR) is 82.3 cm³/mol. The van der Waals surface area contributed by atoms with Crippen LogP contribution in [-0.2, 0) is 6.54 Å². The van der Waals surface area contributed by atoms with Gasteiger partial charge >= 0.3 is 0 Å². The molecule has 0 bridgehead atoms. The summed E-state index contributed by atoms with van der Waals surface area (Å²) in [6.07, 6.45) is 0. The van der Waals surface area contributed by atoms with Crippen LogP contribution in [0.5, 0.6) is 5.75 Å². The highest BCUT2D eigenvalue weighted by molar-refractivity contribution is 9.10. The Hall–Kier alpha value is -1.39. The summed E-state index contributed by atoms with van der Waals surface area (Å²) in [5.74, 6) is 0.607. The molecular formula is C16H17BrFNO. The lowest BCUT2D eigenvalue weighted by molar-refractivity contribution is 0.411. The minimum Gasteiger partial charge on any atom is -0.496 e. The van der Waals surface area contributed by atoms with E-state index in [0.717, 1.165) is 21.3 Å². The van der Waals surface area contributed by atoms with E-state index in [-0.39, 0.29) is 11.9 Å². The zero-order chi connectivity index (χ0) is 14.5. The Bertz CT molecular complexity index is 588. The van der Waals surface area contributed by atoms with Gasteiger partial charge in [0.05, 0.1) is 11.6 Å². The normalized spacial score (nSPS) is 12.2. The number of methoxy groups -OCH3 is 1. The van der Waals surface area contributed by atoms with Gasteiger partial charge in [-0.3, -0.25) is 0 Å². The number of ether oxygens (including phenoxy) is 1. The molecule has 1 unspecified atom stereocenters. The molecule has 0 aliphatic carbocycles. The smallest absolute Gasteiger partial charge is 0.133 e. The van der Waals surface area contributed by atoms with Gasteiger partial charge in [-0.1, -0.05) is 18.2 Å². The van der Waals surface area contributed by atoms with Crippen molar-refractivity contribution in [3.8, 4) is 5.75 Å². The molecule has 0 saturated carbocycles. The summed E-state index contributed by atoms with van der Waals surface area (Å²) in [5.41, 5.74) is 2.08. The van der Waals surface area contributed by atoms with Crippen molar-refractivity contribution in [1.82, 2.24) is 5.32 Å². The zero-order valence-corrected chi connectivity index (χ0v) is 13.1. The number of hydrogen-bond acceptors (Lipinski definition) is 2. The van der Waals surface area contributed by atoms with Gasteiger partial charge in [0, 0.05) is 12.6 Å². The van der Waals surface area contributed by atoms with Gasteiger partial charge in [0.15, 0.2) is 0 Å². The molecule has 1 N–H and O–H groups in total. The van der Waals surface area contributed by atoms with Crippen molar-refractivity contribution in [1.29, 1.82) is 0 Å². The van der Waals surface area contributed by atoms with Crippen molar-refractivity contribution >= 4 is 15.9 Å². The Balaban J connectivity index is 2.01. The van der Waals surface area contributed by atoms with Gasteiger partial charge in [-0.15, -0.1) is 0 Å². The predicted octanol–water partition coefficient (Wildman–Crippen LogP) is 4.45. The van der Waals surface area contributed by atoms with E-state index in [1.54, 1.807) is 19.2 Å². The summed E-state index contributed by atoms with van der Waals surface area (Å²) in [4.78, 5) is 0. The van der Waals surface area contributed by atoms with Crippen LogP contribution in [0.2, 0.25) is 0 Å². The molecule has 1 atom stereocenters. The van der Waals surface area contributed by atoms with E-state index >= 15 is 0 Å². The minimum absolute atomic E-state index is 0.167. The molecule has 0 fully saturated rings. The van der Waals surface area contributed by atoms with Gasteiger partial charge in [0.2, 0.25) is 0 Å². The molecule has 4 heteroatoms. The maximum atomic E-state index is 13.1. The molecule has 2 aromatic carbocycles. The van der Waals surface area contributed by atoms with E-state index in [1.165, 1.54) is 6.07 Å². The fourth-order valence-corrected chi connectivity index (χ4v) is 2.55. The Kier molecular flexibility index (Phi) is 5.15. The third-order valence-corrected chi connectivity index (χ3v) is 3.80. The molecule has 2 nitrogen and oxygen atoms in total. The number of halogens is 2. The number of hydrogen-bond donors (Lipinski definition) is 1. The summed E-state index contributed by atoms with van der Waals surface area (Å²) < 4.78 is 19.2. The summed E-state index contributed by atoms with van der Waals surface area (Å²) in [7, 11) is 1.64. The monoisotopic (exact) mass is 337 g/mol. The summed E-state index contributed by atoms with van der Waals surface area (Å²) in [5, 5.41) is 3.38. The zero-order valence-electron chi connectivity index (χ0n) is 11.5. The average molecular weight is 338 g/mol. The first-order valence-electron chi connectivity index (χ1n) is 6.41. The van der Waals surface area contributed by atoms with Gasteiger partial charge in [-0.25, -0.2) is 4.39 Å². The van der Waals surface area contributed by atoms with Crippen LogP contribution in [0, 0.1) is 5.82 Å². The number of nitrogens with one attached hydrogen (secondary N) is 1. The molecule has 0 aliphatic rings. The Morgan fingerprint density at radius 3 is 2.70 bits per heavy atom. The lowest BCUT2D eigenvalue weighted by Gasteiger charge is -2.15. The second-order valence-electron chi connectivity index (χ2n) is 4.63.